The number of amides is 1. The number of carbonyl (C=O) groups is 1. The SMILES string of the molecule is Cn1c(SCC(=O)N2N=C(c3ccc4ccccc4c3)C[C@H]2c2ccccc2)nnc1C1CC1. The van der Waals surface area contributed by atoms with Crippen LogP contribution >= 0.6 is 11.8 Å². The largest absolute Gasteiger partial charge is 0.309 e. The summed E-state index contributed by atoms with van der Waals surface area (Å²) < 4.78 is 2.03. The standard InChI is InChI=1S/C27H25N5OS/c1-31-26(20-12-13-20)28-29-27(31)34-17-25(33)32-24(19-8-3-2-4-9-19)16-23(30-32)22-14-11-18-7-5-6-10-21(18)15-22/h2-11,14-15,20,24H,12-13,16-17H2,1H3/t24-/m0/s1. The van der Waals surface area contributed by atoms with E-state index in [-0.39, 0.29) is 17.7 Å². The molecule has 2 heterocycles. The van der Waals surface area contributed by atoms with Crippen LogP contribution < -0.4 is 0 Å². The molecule has 2 aliphatic rings. The fourth-order valence-electron chi connectivity index (χ4n) is 4.56. The van der Waals surface area contributed by atoms with Crippen LogP contribution in [-0.2, 0) is 11.8 Å². The highest BCUT2D eigenvalue weighted by Gasteiger charge is 2.34. The molecular weight excluding hydrogens is 442 g/mol. The first-order chi connectivity index (χ1) is 16.7. The highest BCUT2D eigenvalue weighted by molar-refractivity contribution is 7.99. The Morgan fingerprint density at radius 2 is 1.74 bits per heavy atom. The van der Waals surface area contributed by atoms with Gasteiger partial charge in [0, 0.05) is 19.4 Å². The molecule has 0 radical (unpaired) electrons. The lowest BCUT2D eigenvalue weighted by Crippen LogP contribution is -2.28. The van der Waals surface area contributed by atoms with Crippen LogP contribution in [0.2, 0.25) is 0 Å². The summed E-state index contributed by atoms with van der Waals surface area (Å²) in [7, 11) is 1.99. The normalized spacial score (nSPS) is 17.9. The molecule has 3 aromatic carbocycles. The number of rotatable bonds is 6. The van der Waals surface area contributed by atoms with E-state index in [2.05, 4.69) is 52.7 Å². The van der Waals surface area contributed by atoms with Gasteiger partial charge >= 0.3 is 0 Å². The molecule has 0 N–H and O–H groups in total. The molecule has 4 aromatic rings. The predicted molar refractivity (Wildman–Crippen MR) is 135 cm³/mol. The third-order valence-electron chi connectivity index (χ3n) is 6.57. The number of hydrogen-bond donors (Lipinski definition) is 0. The summed E-state index contributed by atoms with van der Waals surface area (Å²) in [6.45, 7) is 0. The second kappa shape index (κ2) is 8.72. The second-order valence-electron chi connectivity index (χ2n) is 8.94. The number of carbonyl (C=O) groups excluding carboxylic acids is 1. The lowest BCUT2D eigenvalue weighted by atomic mass is 9.97. The van der Waals surface area contributed by atoms with Crippen molar-refractivity contribution in [3.05, 3.63) is 89.7 Å². The Balaban J connectivity index is 1.26. The molecule has 7 heteroatoms. The van der Waals surface area contributed by atoms with Gasteiger partial charge in [-0.3, -0.25) is 4.79 Å². The van der Waals surface area contributed by atoms with Crippen LogP contribution in [0.1, 0.15) is 48.2 Å². The molecule has 1 aliphatic carbocycles. The van der Waals surface area contributed by atoms with E-state index < -0.39 is 0 Å². The van der Waals surface area contributed by atoms with Gasteiger partial charge in [0.1, 0.15) is 5.82 Å². The topological polar surface area (TPSA) is 63.4 Å². The predicted octanol–water partition coefficient (Wildman–Crippen LogP) is 5.32. The minimum absolute atomic E-state index is 0.0226. The molecule has 1 atom stereocenters. The molecule has 170 valence electrons. The molecule has 6 rings (SSSR count). The first-order valence-corrected chi connectivity index (χ1v) is 12.6. The first-order valence-electron chi connectivity index (χ1n) is 11.6. The van der Waals surface area contributed by atoms with E-state index in [0.29, 0.717) is 12.3 Å². The number of nitrogens with zero attached hydrogens (tertiary/aromatic N) is 5. The van der Waals surface area contributed by atoms with Gasteiger partial charge in [0.15, 0.2) is 5.16 Å². The van der Waals surface area contributed by atoms with Crippen molar-refractivity contribution in [2.45, 2.75) is 36.4 Å². The molecule has 0 bridgehead atoms. The maximum Gasteiger partial charge on any atom is 0.253 e. The zero-order valence-electron chi connectivity index (χ0n) is 19.0. The summed E-state index contributed by atoms with van der Waals surface area (Å²) >= 11 is 1.43. The van der Waals surface area contributed by atoms with E-state index in [1.807, 2.05) is 41.9 Å². The Morgan fingerprint density at radius 1 is 0.971 bits per heavy atom. The summed E-state index contributed by atoms with van der Waals surface area (Å²) in [5, 5.41) is 18.3. The quantitative estimate of drug-likeness (QED) is 0.360. The summed E-state index contributed by atoms with van der Waals surface area (Å²) in [5.41, 5.74) is 3.09. The van der Waals surface area contributed by atoms with Gasteiger partial charge in [0.05, 0.1) is 17.5 Å². The number of aromatic nitrogens is 3. The number of benzene rings is 3. The van der Waals surface area contributed by atoms with Crippen LogP contribution in [0.5, 0.6) is 0 Å². The summed E-state index contributed by atoms with van der Waals surface area (Å²) in [6.07, 6.45) is 3.04. The molecule has 1 aromatic heterocycles. The molecule has 1 fully saturated rings. The second-order valence-corrected chi connectivity index (χ2v) is 9.88. The minimum atomic E-state index is -0.114. The summed E-state index contributed by atoms with van der Waals surface area (Å²) in [5.74, 6) is 1.80. The van der Waals surface area contributed by atoms with Crippen LogP contribution in [0.4, 0.5) is 0 Å². The fourth-order valence-corrected chi connectivity index (χ4v) is 5.33. The number of hydrogen-bond acceptors (Lipinski definition) is 5. The summed E-state index contributed by atoms with van der Waals surface area (Å²) in [4.78, 5) is 13.4. The minimum Gasteiger partial charge on any atom is -0.309 e. The van der Waals surface area contributed by atoms with Crippen molar-refractivity contribution in [1.82, 2.24) is 19.8 Å². The number of fused-ring (bicyclic) bond motifs is 1. The van der Waals surface area contributed by atoms with E-state index >= 15 is 0 Å². The highest BCUT2D eigenvalue weighted by Crippen LogP contribution is 2.40. The van der Waals surface area contributed by atoms with E-state index in [0.717, 1.165) is 27.8 Å². The summed E-state index contributed by atoms with van der Waals surface area (Å²) in [6, 6.07) is 24.7. The van der Waals surface area contributed by atoms with E-state index in [4.69, 9.17) is 5.10 Å². The van der Waals surface area contributed by atoms with Crippen molar-refractivity contribution in [1.29, 1.82) is 0 Å². The lowest BCUT2D eigenvalue weighted by Gasteiger charge is -2.21. The van der Waals surface area contributed by atoms with Gasteiger partial charge in [-0.05, 0) is 40.8 Å². The maximum atomic E-state index is 13.4. The molecule has 0 spiro atoms. The molecule has 1 saturated carbocycles. The van der Waals surface area contributed by atoms with Crippen molar-refractivity contribution in [3.8, 4) is 0 Å². The van der Waals surface area contributed by atoms with Crippen LogP contribution in [-0.4, -0.2) is 37.1 Å². The van der Waals surface area contributed by atoms with Crippen molar-refractivity contribution < 1.29 is 4.79 Å². The Labute approximate surface area is 202 Å². The van der Waals surface area contributed by atoms with Crippen LogP contribution in [0.25, 0.3) is 10.8 Å². The fraction of sp³-hybridized carbons (Fsp3) is 0.259. The smallest absolute Gasteiger partial charge is 0.253 e. The van der Waals surface area contributed by atoms with Crippen LogP contribution in [0.3, 0.4) is 0 Å². The van der Waals surface area contributed by atoms with Gasteiger partial charge in [-0.2, -0.15) is 5.10 Å². The third-order valence-corrected chi connectivity index (χ3v) is 7.57. The molecule has 1 amide bonds. The molecule has 0 saturated heterocycles. The molecular formula is C27H25N5OS. The molecule has 6 nitrogen and oxygen atoms in total. The van der Waals surface area contributed by atoms with Crippen molar-refractivity contribution in [2.24, 2.45) is 12.1 Å². The Hall–Kier alpha value is -3.45. The van der Waals surface area contributed by atoms with Gasteiger partial charge in [-0.1, -0.05) is 78.5 Å². The number of hydrazone groups is 1. The maximum absolute atomic E-state index is 13.4. The van der Waals surface area contributed by atoms with E-state index in [1.165, 1.54) is 35.4 Å². The third kappa shape index (κ3) is 4.01. The molecule has 0 unspecified atom stereocenters. The molecule has 1 aliphatic heterocycles. The highest BCUT2D eigenvalue weighted by atomic mass is 32.2. The van der Waals surface area contributed by atoms with Crippen molar-refractivity contribution in [3.63, 3.8) is 0 Å². The molecule has 34 heavy (non-hydrogen) atoms. The lowest BCUT2D eigenvalue weighted by molar-refractivity contribution is -0.130. The first kappa shape index (κ1) is 21.1. The van der Waals surface area contributed by atoms with Gasteiger partial charge < -0.3 is 4.57 Å². The van der Waals surface area contributed by atoms with E-state index in [9.17, 15) is 4.79 Å². The monoisotopic (exact) mass is 467 g/mol. The van der Waals surface area contributed by atoms with Crippen LogP contribution in [0, 0.1) is 0 Å². The Bertz CT molecular complexity index is 1390. The van der Waals surface area contributed by atoms with Crippen molar-refractivity contribution >= 4 is 34.2 Å². The van der Waals surface area contributed by atoms with Crippen molar-refractivity contribution in [2.75, 3.05) is 5.75 Å². The average Bonchev–Trinajstić information content (AvgIpc) is 3.51. The number of thioether (sulfide) groups is 1. The van der Waals surface area contributed by atoms with Gasteiger partial charge in [-0.25, -0.2) is 5.01 Å². The zero-order chi connectivity index (χ0) is 23.1. The van der Waals surface area contributed by atoms with Gasteiger partial charge in [0.25, 0.3) is 5.91 Å². The Kier molecular flexibility index (Phi) is 5.41. The van der Waals surface area contributed by atoms with Gasteiger partial charge in [-0.15, -0.1) is 10.2 Å². The van der Waals surface area contributed by atoms with E-state index in [1.54, 1.807) is 5.01 Å². The average molecular weight is 468 g/mol. The van der Waals surface area contributed by atoms with Gasteiger partial charge in [0.2, 0.25) is 0 Å². The Morgan fingerprint density at radius 3 is 2.53 bits per heavy atom. The zero-order valence-corrected chi connectivity index (χ0v) is 19.8. The van der Waals surface area contributed by atoms with Crippen LogP contribution in [0.15, 0.2) is 83.1 Å².